The van der Waals surface area contributed by atoms with Crippen LogP contribution in [0.1, 0.15) is 46.7 Å². The highest BCUT2D eigenvalue weighted by atomic mass is 35.5. The van der Waals surface area contributed by atoms with Gasteiger partial charge in [-0.15, -0.1) is 0 Å². The van der Waals surface area contributed by atoms with Crippen molar-refractivity contribution >= 4 is 11.9 Å². The Labute approximate surface area is 349 Å². The van der Waals surface area contributed by atoms with Gasteiger partial charge in [0, 0.05) is 55.4 Å². The van der Waals surface area contributed by atoms with E-state index in [9.17, 15) is 9.59 Å². The van der Waals surface area contributed by atoms with Crippen molar-refractivity contribution in [2.24, 2.45) is 0 Å². The molecule has 14 heteroatoms. The van der Waals surface area contributed by atoms with E-state index < -0.39 is 11.9 Å². The van der Waals surface area contributed by atoms with E-state index in [0.717, 1.165) is 90.2 Å². The summed E-state index contributed by atoms with van der Waals surface area (Å²) in [6.07, 6.45) is 6.20. The lowest BCUT2D eigenvalue weighted by Gasteiger charge is -2.46. The minimum Gasteiger partial charge on any atom is -1.00 e. The number of hydrogen-bond donors (Lipinski definition) is 0. The highest BCUT2D eigenvalue weighted by Crippen LogP contribution is 2.43. The zero-order chi connectivity index (χ0) is 39.6. The molecule has 0 N–H and O–H groups in total. The Morgan fingerprint density at radius 3 is 1.68 bits per heavy atom. The van der Waals surface area contributed by atoms with E-state index in [1.807, 2.05) is 12.1 Å². The molecule has 2 heterocycles. The quantitative estimate of drug-likeness (QED) is 0.0732. The molecule has 0 amide bonds. The third-order valence-electron chi connectivity index (χ3n) is 11.2. The van der Waals surface area contributed by atoms with Crippen molar-refractivity contribution in [2.75, 3.05) is 96.1 Å². The molecular weight excluding hydrogens is 775 g/mol. The second-order valence-corrected chi connectivity index (χ2v) is 14.8. The molecule has 3 aromatic carbocycles. The molecule has 0 aliphatic carbocycles. The first-order valence-corrected chi connectivity index (χ1v) is 18.9. The lowest BCUT2D eigenvalue weighted by molar-refractivity contribution is -0.941. The van der Waals surface area contributed by atoms with Crippen LogP contribution in [0, 0.1) is 0 Å². The largest absolute Gasteiger partial charge is 1.00 e. The van der Waals surface area contributed by atoms with Gasteiger partial charge in [-0.1, -0.05) is 6.07 Å². The molecule has 0 aromatic heterocycles. The van der Waals surface area contributed by atoms with Gasteiger partial charge in [0.25, 0.3) is 0 Å². The number of benzene rings is 3. The molecule has 0 saturated carbocycles. The molecule has 0 saturated heterocycles. The van der Waals surface area contributed by atoms with Gasteiger partial charge in [-0.05, 0) is 53.1 Å². The van der Waals surface area contributed by atoms with Gasteiger partial charge in [-0.2, -0.15) is 0 Å². The number of quaternary nitrogens is 2. The maximum atomic E-state index is 12.6. The molecule has 2 aliphatic heterocycles. The van der Waals surface area contributed by atoms with Crippen molar-refractivity contribution in [3.63, 3.8) is 0 Å². The predicted molar refractivity (Wildman–Crippen MR) is 208 cm³/mol. The predicted octanol–water partition coefficient (Wildman–Crippen LogP) is -0.342. The van der Waals surface area contributed by atoms with Crippen LogP contribution in [0.2, 0.25) is 0 Å². The smallest absolute Gasteiger partial charge is 0.331 e. The lowest BCUT2D eigenvalue weighted by atomic mass is 9.86. The summed E-state index contributed by atoms with van der Waals surface area (Å²) < 4.78 is 45.9. The molecule has 0 fully saturated rings. The highest BCUT2D eigenvalue weighted by Gasteiger charge is 2.40. The first kappa shape index (κ1) is 47.0. The molecule has 0 spiro atoms. The number of carbonyl (C=O) groups excluding carboxylic acids is 2. The van der Waals surface area contributed by atoms with Crippen molar-refractivity contribution in [1.82, 2.24) is 0 Å². The summed E-state index contributed by atoms with van der Waals surface area (Å²) in [5.74, 6) is 3.13. The van der Waals surface area contributed by atoms with Crippen molar-refractivity contribution in [3.8, 4) is 34.5 Å². The number of likely N-dealkylation sites (N-methyl/N-ethyl adjacent to an activating group) is 2. The van der Waals surface area contributed by atoms with Gasteiger partial charge in [0.2, 0.25) is 0 Å². The second kappa shape index (κ2) is 21.4. The van der Waals surface area contributed by atoms with Gasteiger partial charge >= 0.3 is 11.9 Å². The van der Waals surface area contributed by atoms with E-state index in [1.54, 1.807) is 42.7 Å². The third-order valence-corrected chi connectivity index (χ3v) is 11.2. The number of methoxy groups -OCH3 is 6. The van der Waals surface area contributed by atoms with Gasteiger partial charge in [0.05, 0.1) is 96.1 Å². The van der Waals surface area contributed by atoms with Gasteiger partial charge in [-0.25, -0.2) is 9.59 Å². The molecule has 57 heavy (non-hydrogen) atoms. The maximum Gasteiger partial charge on any atom is 0.331 e. The van der Waals surface area contributed by atoms with Crippen molar-refractivity contribution < 1.29 is 81.3 Å². The molecule has 2 aliphatic rings. The molecular formula is C43H58Cl2N2O10. The van der Waals surface area contributed by atoms with Gasteiger partial charge < -0.3 is 71.7 Å². The highest BCUT2D eigenvalue weighted by molar-refractivity contribution is 5.91. The number of halogens is 2. The average Bonchev–Trinajstić information content (AvgIpc) is 3.20. The molecule has 0 radical (unpaired) electrons. The summed E-state index contributed by atoms with van der Waals surface area (Å²) in [6, 6.07) is 14.5. The first-order chi connectivity index (χ1) is 26.5. The summed E-state index contributed by atoms with van der Waals surface area (Å²) in [5.41, 5.74) is 6.09. The van der Waals surface area contributed by atoms with Crippen LogP contribution in [-0.4, -0.2) is 117 Å². The number of carbonyl (C=O) groups is 2. The SMILES string of the molecule is COc1ccc(C[C@@H]2c3cc(OC)c(OC)cc3CC[N@@+]2(C)CCCOC(=O)/C=C/C(=O)OCCC[N+]2(C)CCc3cc(OC)c(OC)cc3C2)cc1OC.[Cl-].[Cl-]. The van der Waals surface area contributed by atoms with Crippen molar-refractivity contribution in [2.45, 2.75) is 44.7 Å². The van der Waals surface area contributed by atoms with Crippen LogP contribution in [-0.2, 0) is 44.9 Å². The van der Waals surface area contributed by atoms with Crippen LogP contribution in [0.15, 0.2) is 54.6 Å². The monoisotopic (exact) mass is 832 g/mol. The number of ether oxygens (including phenoxy) is 8. The summed E-state index contributed by atoms with van der Waals surface area (Å²) >= 11 is 0. The van der Waals surface area contributed by atoms with Gasteiger partial charge in [0.15, 0.2) is 34.5 Å². The summed E-state index contributed by atoms with van der Waals surface area (Å²) in [5, 5.41) is 0. The molecule has 5 rings (SSSR count). The number of nitrogens with zero attached hydrogens (tertiary/aromatic N) is 2. The van der Waals surface area contributed by atoms with Crippen molar-refractivity contribution in [3.05, 3.63) is 82.4 Å². The summed E-state index contributed by atoms with van der Waals surface area (Å²) in [6.45, 7) is 4.87. The Balaban J connectivity index is 0.00000435. The normalized spacial score (nSPS) is 19.5. The fourth-order valence-corrected chi connectivity index (χ4v) is 8.02. The fraction of sp³-hybridized carbons (Fsp3) is 0.488. The average molecular weight is 834 g/mol. The molecule has 1 unspecified atom stereocenters. The van der Waals surface area contributed by atoms with E-state index in [-0.39, 0.29) is 44.1 Å². The minimum absolute atomic E-state index is 0. The second-order valence-electron chi connectivity index (χ2n) is 14.8. The molecule has 3 aromatic rings. The van der Waals surface area contributed by atoms with E-state index in [4.69, 9.17) is 37.9 Å². The fourth-order valence-electron chi connectivity index (χ4n) is 8.02. The van der Waals surface area contributed by atoms with Gasteiger partial charge in [-0.3, -0.25) is 0 Å². The number of hydrogen-bond acceptors (Lipinski definition) is 10. The summed E-state index contributed by atoms with van der Waals surface area (Å²) in [7, 11) is 14.4. The Morgan fingerprint density at radius 1 is 0.614 bits per heavy atom. The zero-order valence-corrected chi connectivity index (χ0v) is 36.0. The Bertz CT molecular complexity index is 1860. The number of rotatable bonds is 18. The van der Waals surface area contributed by atoms with E-state index in [1.165, 1.54) is 22.3 Å². The Hall–Kier alpha value is -4.36. The number of esters is 2. The van der Waals surface area contributed by atoms with E-state index in [2.05, 4.69) is 44.4 Å². The molecule has 314 valence electrons. The van der Waals surface area contributed by atoms with Crippen LogP contribution >= 0.6 is 0 Å². The lowest BCUT2D eigenvalue weighted by Crippen LogP contribution is -3.00. The third kappa shape index (κ3) is 11.6. The molecule has 3 atom stereocenters. The van der Waals surface area contributed by atoms with Crippen molar-refractivity contribution in [1.29, 1.82) is 0 Å². The number of fused-ring (bicyclic) bond motifs is 2. The van der Waals surface area contributed by atoms with Crippen LogP contribution in [0.5, 0.6) is 34.5 Å². The standard InChI is InChI=1S/C43H58N2O10.2ClH/c1-44(19-15-31-25-38(50-5)40(52-7)27-33(31)29-44)17-9-21-54-42(46)13-14-43(47)55-22-10-18-45(2)20-16-32-26-39(51-6)41(53-8)28-34(32)35(45)23-30-11-12-36(48-3)37(24-30)49-4;;/h11-14,24-28,35H,9-10,15-23,29H2,1-8H3;2*1H/q+2;;/p-2/b14-13+;;/t35-,44?,45-;;/m1../s1. The van der Waals surface area contributed by atoms with Gasteiger partial charge in [0.1, 0.15) is 12.6 Å². The van der Waals surface area contributed by atoms with Crippen LogP contribution in [0.25, 0.3) is 0 Å². The Kier molecular flexibility index (Phi) is 17.7. The Morgan fingerprint density at radius 2 is 1.11 bits per heavy atom. The minimum atomic E-state index is -0.570. The molecule has 12 nitrogen and oxygen atoms in total. The zero-order valence-electron chi connectivity index (χ0n) is 34.5. The molecule has 0 bridgehead atoms. The van der Waals surface area contributed by atoms with Crippen LogP contribution < -0.4 is 53.2 Å². The van der Waals surface area contributed by atoms with E-state index >= 15 is 0 Å². The van der Waals surface area contributed by atoms with Crippen LogP contribution in [0.3, 0.4) is 0 Å². The van der Waals surface area contributed by atoms with E-state index in [0.29, 0.717) is 35.8 Å². The van der Waals surface area contributed by atoms with Crippen LogP contribution in [0.4, 0.5) is 0 Å². The first-order valence-electron chi connectivity index (χ1n) is 18.9. The topological polar surface area (TPSA) is 108 Å². The summed E-state index contributed by atoms with van der Waals surface area (Å²) in [4.78, 5) is 25.0. The maximum absolute atomic E-state index is 12.6.